The summed E-state index contributed by atoms with van der Waals surface area (Å²) in [5.74, 6) is 1.45. The fourth-order valence-electron chi connectivity index (χ4n) is 6.19. The molecule has 1 aromatic heterocycles. The van der Waals surface area contributed by atoms with Gasteiger partial charge in [-0.3, -0.25) is 4.79 Å². The minimum Gasteiger partial charge on any atom is -0.383 e. The molecule has 206 valence electrons. The van der Waals surface area contributed by atoms with E-state index in [2.05, 4.69) is 74.5 Å². The summed E-state index contributed by atoms with van der Waals surface area (Å²) in [5.41, 5.74) is 7.76. The number of anilines is 2. The van der Waals surface area contributed by atoms with Crippen LogP contribution in [-0.4, -0.2) is 54.0 Å². The fourth-order valence-corrected chi connectivity index (χ4v) is 6.58. The van der Waals surface area contributed by atoms with Crippen molar-refractivity contribution in [2.45, 2.75) is 64.2 Å². The second-order valence-corrected chi connectivity index (χ2v) is 12.4. The molecule has 1 aliphatic carbocycles. The predicted molar refractivity (Wildman–Crippen MR) is 160 cm³/mol. The van der Waals surface area contributed by atoms with Crippen LogP contribution in [0.5, 0.6) is 0 Å². The Morgan fingerprint density at radius 1 is 1.21 bits per heavy atom. The zero-order valence-electron chi connectivity index (χ0n) is 23.5. The monoisotopic (exact) mass is 590 g/mol. The summed E-state index contributed by atoms with van der Waals surface area (Å²) in [4.78, 5) is 24.5. The van der Waals surface area contributed by atoms with E-state index in [1.54, 1.807) is 7.11 Å². The van der Waals surface area contributed by atoms with Gasteiger partial charge in [0.25, 0.3) is 0 Å². The van der Waals surface area contributed by atoms with Crippen molar-refractivity contribution in [2.75, 3.05) is 38.7 Å². The summed E-state index contributed by atoms with van der Waals surface area (Å²) in [6.07, 6.45) is 6.40. The molecule has 2 heterocycles. The zero-order chi connectivity index (χ0) is 27.6. The van der Waals surface area contributed by atoms with E-state index >= 15 is 0 Å². The average Bonchev–Trinajstić information content (AvgIpc) is 3.17. The van der Waals surface area contributed by atoms with E-state index in [-0.39, 0.29) is 0 Å². The number of aromatic nitrogens is 2. The number of ketones is 1. The number of nitrogens with zero attached hydrogens (tertiary/aromatic N) is 3. The van der Waals surface area contributed by atoms with Gasteiger partial charge < -0.3 is 15.0 Å². The lowest BCUT2D eigenvalue weighted by Gasteiger charge is -2.33. The lowest BCUT2D eigenvalue weighted by molar-refractivity contribution is -0.121. The van der Waals surface area contributed by atoms with Crippen molar-refractivity contribution in [1.29, 1.82) is 0 Å². The maximum Gasteiger partial charge on any atom is 0.227 e. The van der Waals surface area contributed by atoms with Gasteiger partial charge >= 0.3 is 0 Å². The first kappa shape index (κ1) is 27.9. The number of Topliss-reactive ketones (excluding diaryl/α,β-unsaturated/α-hetero) is 1. The number of hydrogen-bond donors (Lipinski definition) is 1. The van der Waals surface area contributed by atoms with E-state index in [0.717, 1.165) is 54.9 Å². The summed E-state index contributed by atoms with van der Waals surface area (Å²) < 4.78 is 6.18. The molecule has 1 aliphatic heterocycles. The Bertz CT molecular complexity index is 1360. The topological polar surface area (TPSA) is 67.3 Å². The Morgan fingerprint density at radius 2 is 2.05 bits per heavy atom. The second-order valence-electron chi connectivity index (χ2n) is 11.5. The summed E-state index contributed by atoms with van der Waals surface area (Å²) in [5, 5.41) is 3.45. The molecular formula is C32H39BrN4O2. The van der Waals surface area contributed by atoms with Crippen LogP contribution in [0.25, 0.3) is 0 Å². The third-order valence-electron chi connectivity index (χ3n) is 8.44. The van der Waals surface area contributed by atoms with Crippen LogP contribution in [0.1, 0.15) is 66.1 Å². The SMILES string of the molecule is COCCN1CCC[C@@H](c2ccc(Nc3ncc(Br)c(CCc4cccc5c4C(C)(C)C(=O)C5)n3)c(C)c2)C1. The maximum absolute atomic E-state index is 12.6. The van der Waals surface area contributed by atoms with Crippen molar-refractivity contribution in [3.8, 4) is 0 Å². The molecule has 6 nitrogen and oxygen atoms in total. The fraction of sp³-hybridized carbons (Fsp3) is 0.469. The maximum atomic E-state index is 12.6. The number of rotatable bonds is 9. The molecule has 2 aromatic carbocycles. The van der Waals surface area contributed by atoms with Gasteiger partial charge in [-0.1, -0.05) is 30.3 Å². The van der Waals surface area contributed by atoms with Crippen LogP contribution < -0.4 is 5.32 Å². The second kappa shape index (κ2) is 11.9. The number of benzene rings is 2. The van der Waals surface area contributed by atoms with E-state index in [0.29, 0.717) is 24.1 Å². The molecule has 0 saturated carbocycles. The molecule has 5 rings (SSSR count). The van der Waals surface area contributed by atoms with Crippen LogP contribution in [0.15, 0.2) is 47.1 Å². The number of fused-ring (bicyclic) bond motifs is 1. The highest BCUT2D eigenvalue weighted by atomic mass is 79.9. The van der Waals surface area contributed by atoms with Crippen molar-refractivity contribution >= 4 is 33.3 Å². The summed E-state index contributed by atoms with van der Waals surface area (Å²) >= 11 is 3.65. The molecule has 1 fully saturated rings. The first-order valence-corrected chi connectivity index (χ1v) is 14.8. The Labute approximate surface area is 240 Å². The largest absolute Gasteiger partial charge is 0.383 e. The molecule has 1 saturated heterocycles. The minimum absolute atomic E-state index is 0.299. The van der Waals surface area contributed by atoms with Gasteiger partial charge in [0.1, 0.15) is 5.78 Å². The van der Waals surface area contributed by atoms with Gasteiger partial charge in [-0.05, 0) is 109 Å². The van der Waals surface area contributed by atoms with Crippen LogP contribution in [0.3, 0.4) is 0 Å². The van der Waals surface area contributed by atoms with Crippen molar-refractivity contribution in [3.63, 3.8) is 0 Å². The molecule has 0 spiro atoms. The molecular weight excluding hydrogens is 552 g/mol. The number of carbonyl (C=O) groups is 1. The van der Waals surface area contributed by atoms with Crippen LogP contribution in [0.2, 0.25) is 0 Å². The minimum atomic E-state index is -0.426. The van der Waals surface area contributed by atoms with Crippen LogP contribution in [0.4, 0.5) is 11.6 Å². The Hall–Kier alpha value is -2.61. The van der Waals surface area contributed by atoms with Crippen LogP contribution >= 0.6 is 15.9 Å². The van der Waals surface area contributed by atoms with E-state index in [1.807, 2.05) is 20.0 Å². The number of halogens is 1. The number of carbonyl (C=O) groups excluding carboxylic acids is 1. The van der Waals surface area contributed by atoms with Gasteiger partial charge in [0.15, 0.2) is 0 Å². The normalized spacial score (nSPS) is 18.8. The summed E-state index contributed by atoms with van der Waals surface area (Å²) in [7, 11) is 1.77. The lowest BCUT2D eigenvalue weighted by atomic mass is 9.82. The number of ether oxygens (including phenoxy) is 1. The molecule has 0 bridgehead atoms. The number of likely N-dealkylation sites (tertiary alicyclic amines) is 1. The van der Waals surface area contributed by atoms with Gasteiger partial charge in [0.05, 0.1) is 16.8 Å². The first-order valence-electron chi connectivity index (χ1n) is 14.0. The van der Waals surface area contributed by atoms with Gasteiger partial charge in [-0.2, -0.15) is 0 Å². The number of piperidine rings is 1. The van der Waals surface area contributed by atoms with E-state index in [4.69, 9.17) is 9.72 Å². The molecule has 0 radical (unpaired) electrons. The highest BCUT2D eigenvalue weighted by Crippen LogP contribution is 2.38. The van der Waals surface area contributed by atoms with Gasteiger partial charge in [0.2, 0.25) is 5.95 Å². The molecule has 0 amide bonds. The number of aryl methyl sites for hydroxylation is 3. The van der Waals surface area contributed by atoms with Gasteiger partial charge in [0, 0.05) is 43.9 Å². The quantitative estimate of drug-likeness (QED) is 0.315. The molecule has 1 N–H and O–H groups in total. The van der Waals surface area contributed by atoms with Crippen molar-refractivity contribution in [3.05, 3.63) is 80.6 Å². The molecule has 0 unspecified atom stereocenters. The third kappa shape index (κ3) is 6.11. The predicted octanol–water partition coefficient (Wildman–Crippen LogP) is 6.30. The Morgan fingerprint density at radius 3 is 2.85 bits per heavy atom. The van der Waals surface area contributed by atoms with Crippen LogP contribution in [-0.2, 0) is 34.2 Å². The van der Waals surface area contributed by atoms with E-state index in [9.17, 15) is 4.79 Å². The smallest absolute Gasteiger partial charge is 0.227 e. The van der Waals surface area contributed by atoms with E-state index in [1.165, 1.54) is 40.7 Å². The lowest BCUT2D eigenvalue weighted by Crippen LogP contribution is -2.36. The van der Waals surface area contributed by atoms with Crippen molar-refractivity contribution in [2.24, 2.45) is 0 Å². The zero-order valence-corrected chi connectivity index (χ0v) is 25.1. The highest BCUT2D eigenvalue weighted by Gasteiger charge is 2.39. The summed E-state index contributed by atoms with van der Waals surface area (Å²) in [6.45, 7) is 10.3. The van der Waals surface area contributed by atoms with Crippen molar-refractivity contribution in [1.82, 2.24) is 14.9 Å². The standard InChI is InChI=1S/C32H39BrN4O2/c1-21-17-23(25-9-6-14-37(20-25)15-16-39-4)11-12-27(21)35-31-34-19-26(33)28(36-31)13-10-22-7-5-8-24-18-29(38)32(2,3)30(22)24/h5,7-8,11-12,17,19,25H,6,9-10,13-16,18,20H2,1-4H3,(H,34,35,36)/t25-/m1/s1. The molecule has 39 heavy (non-hydrogen) atoms. The number of nitrogens with one attached hydrogen (secondary N) is 1. The summed E-state index contributed by atoms with van der Waals surface area (Å²) in [6, 6.07) is 13.0. The van der Waals surface area contributed by atoms with E-state index < -0.39 is 5.41 Å². The highest BCUT2D eigenvalue weighted by molar-refractivity contribution is 9.10. The molecule has 3 aromatic rings. The first-order chi connectivity index (χ1) is 18.8. The molecule has 7 heteroatoms. The van der Waals surface area contributed by atoms with Crippen LogP contribution in [0, 0.1) is 6.92 Å². The average molecular weight is 592 g/mol. The third-order valence-corrected chi connectivity index (χ3v) is 9.11. The van der Waals surface area contributed by atoms with Gasteiger partial charge in [-0.25, -0.2) is 9.97 Å². The number of hydrogen-bond acceptors (Lipinski definition) is 6. The van der Waals surface area contributed by atoms with Gasteiger partial charge in [-0.15, -0.1) is 0 Å². The Kier molecular flexibility index (Phi) is 8.50. The molecule has 2 aliphatic rings. The molecule has 1 atom stereocenters. The van der Waals surface area contributed by atoms with Crippen molar-refractivity contribution < 1.29 is 9.53 Å². The Balaban J connectivity index is 1.27. The number of methoxy groups -OCH3 is 1.